The summed E-state index contributed by atoms with van der Waals surface area (Å²) < 4.78 is 7.21. The summed E-state index contributed by atoms with van der Waals surface area (Å²) in [6.45, 7) is 0.569. The highest BCUT2D eigenvalue weighted by Crippen LogP contribution is 2.27. The number of para-hydroxylation sites is 2. The van der Waals surface area contributed by atoms with Gasteiger partial charge in [-0.15, -0.1) is 0 Å². The van der Waals surface area contributed by atoms with Crippen LogP contribution in [-0.2, 0) is 11.3 Å². The molecule has 0 spiro atoms. The van der Waals surface area contributed by atoms with Gasteiger partial charge in [0.1, 0.15) is 5.75 Å². The Morgan fingerprint density at radius 1 is 1.12 bits per heavy atom. The summed E-state index contributed by atoms with van der Waals surface area (Å²) in [6, 6.07) is 23.0. The fourth-order valence-electron chi connectivity index (χ4n) is 3.14. The number of aromatic nitrogens is 2. The van der Waals surface area contributed by atoms with Crippen molar-refractivity contribution in [1.82, 2.24) is 15.0 Å². The van der Waals surface area contributed by atoms with Crippen LogP contribution in [-0.4, -0.2) is 34.5 Å². The molecule has 1 heterocycles. The topological polar surface area (TPSA) is 68.5 Å². The van der Waals surface area contributed by atoms with Gasteiger partial charge < -0.3 is 9.30 Å². The minimum absolute atomic E-state index is 0.186. The van der Waals surface area contributed by atoms with E-state index < -0.39 is 0 Å². The molecule has 6 nitrogen and oxygen atoms in total. The van der Waals surface area contributed by atoms with Gasteiger partial charge >= 0.3 is 0 Å². The summed E-state index contributed by atoms with van der Waals surface area (Å²) in [4.78, 5) is 17.0. The first kappa shape index (κ1) is 21.9. The molecular weight excluding hydrogens is 444 g/mol. The Kier molecular flexibility index (Phi) is 7.09. The van der Waals surface area contributed by atoms with Gasteiger partial charge in [-0.2, -0.15) is 5.10 Å². The number of benzene rings is 3. The predicted octanol–water partition coefficient (Wildman–Crippen LogP) is 4.99. The molecule has 4 rings (SSSR count). The SMILES string of the molecule is COc1ccc(/C=N/NC(=O)CSc2nc3ccccc3n2Cc2ccccc2Cl)cc1. The molecule has 0 fully saturated rings. The molecule has 32 heavy (non-hydrogen) atoms. The van der Waals surface area contributed by atoms with Gasteiger partial charge in [-0.05, 0) is 53.6 Å². The summed E-state index contributed by atoms with van der Waals surface area (Å²) in [6.07, 6.45) is 1.59. The van der Waals surface area contributed by atoms with Crippen molar-refractivity contribution in [2.45, 2.75) is 11.7 Å². The first-order valence-electron chi connectivity index (χ1n) is 9.91. The maximum atomic E-state index is 12.3. The largest absolute Gasteiger partial charge is 0.497 e. The summed E-state index contributed by atoms with van der Waals surface area (Å²) in [7, 11) is 1.61. The highest BCUT2D eigenvalue weighted by Gasteiger charge is 2.14. The lowest BCUT2D eigenvalue weighted by Gasteiger charge is -2.10. The molecule has 0 saturated carbocycles. The number of thioether (sulfide) groups is 1. The van der Waals surface area contributed by atoms with E-state index in [1.54, 1.807) is 13.3 Å². The molecule has 1 aromatic heterocycles. The Labute approximate surface area is 195 Å². The van der Waals surface area contributed by atoms with Crippen molar-refractivity contribution in [3.8, 4) is 5.75 Å². The number of hydrogen-bond acceptors (Lipinski definition) is 5. The maximum absolute atomic E-state index is 12.3. The van der Waals surface area contributed by atoms with Gasteiger partial charge in [0.25, 0.3) is 5.91 Å². The number of halogens is 1. The average molecular weight is 465 g/mol. The van der Waals surface area contributed by atoms with Gasteiger partial charge in [0, 0.05) is 5.02 Å². The van der Waals surface area contributed by atoms with Crippen LogP contribution in [0.1, 0.15) is 11.1 Å². The van der Waals surface area contributed by atoms with Crippen LogP contribution in [0, 0.1) is 0 Å². The summed E-state index contributed by atoms with van der Waals surface area (Å²) in [5, 5.41) is 5.48. The maximum Gasteiger partial charge on any atom is 0.250 e. The first-order valence-corrected chi connectivity index (χ1v) is 11.3. The summed E-state index contributed by atoms with van der Waals surface area (Å²) in [5.74, 6) is 0.740. The Bertz CT molecular complexity index is 1250. The molecule has 0 aliphatic heterocycles. The smallest absolute Gasteiger partial charge is 0.250 e. The van der Waals surface area contributed by atoms with Crippen molar-refractivity contribution in [2.24, 2.45) is 5.10 Å². The third-order valence-corrected chi connectivity index (χ3v) is 6.10. The number of carbonyl (C=O) groups is 1. The van der Waals surface area contributed by atoms with Crippen LogP contribution in [0.3, 0.4) is 0 Å². The Hall–Kier alpha value is -3.29. The molecule has 0 unspecified atom stereocenters. The summed E-state index contributed by atoms with van der Waals surface area (Å²) >= 11 is 7.73. The molecule has 3 aromatic carbocycles. The number of hydrazone groups is 1. The molecule has 0 radical (unpaired) electrons. The van der Waals surface area contributed by atoms with Gasteiger partial charge in [0.2, 0.25) is 0 Å². The van der Waals surface area contributed by atoms with Crippen LogP contribution >= 0.6 is 23.4 Å². The van der Waals surface area contributed by atoms with Crippen molar-refractivity contribution in [2.75, 3.05) is 12.9 Å². The zero-order valence-electron chi connectivity index (χ0n) is 17.4. The quantitative estimate of drug-likeness (QED) is 0.226. The second-order valence-corrected chi connectivity index (χ2v) is 8.27. The van der Waals surface area contributed by atoms with Crippen molar-refractivity contribution in [1.29, 1.82) is 0 Å². The molecule has 0 saturated heterocycles. The molecule has 1 amide bonds. The van der Waals surface area contributed by atoms with E-state index >= 15 is 0 Å². The van der Waals surface area contributed by atoms with Crippen LogP contribution < -0.4 is 10.2 Å². The minimum atomic E-state index is -0.212. The fraction of sp³-hybridized carbons (Fsp3) is 0.125. The number of methoxy groups -OCH3 is 1. The predicted molar refractivity (Wildman–Crippen MR) is 130 cm³/mol. The van der Waals surface area contributed by atoms with Crippen molar-refractivity contribution >= 4 is 46.5 Å². The lowest BCUT2D eigenvalue weighted by Crippen LogP contribution is -2.20. The van der Waals surface area contributed by atoms with Gasteiger partial charge in [0.15, 0.2) is 5.16 Å². The Balaban J connectivity index is 1.43. The van der Waals surface area contributed by atoms with E-state index in [1.807, 2.05) is 72.8 Å². The van der Waals surface area contributed by atoms with Crippen molar-refractivity contribution in [3.05, 3.63) is 88.9 Å². The number of rotatable bonds is 8. The van der Waals surface area contributed by atoms with Crippen molar-refractivity contribution < 1.29 is 9.53 Å². The number of imidazole rings is 1. The van der Waals surface area contributed by atoms with E-state index in [2.05, 4.69) is 15.1 Å². The highest BCUT2D eigenvalue weighted by molar-refractivity contribution is 7.99. The minimum Gasteiger partial charge on any atom is -0.497 e. The number of nitrogens with one attached hydrogen (secondary N) is 1. The second-order valence-electron chi connectivity index (χ2n) is 6.92. The van der Waals surface area contributed by atoms with E-state index in [1.165, 1.54) is 11.8 Å². The zero-order valence-corrected chi connectivity index (χ0v) is 18.9. The second kappa shape index (κ2) is 10.3. The van der Waals surface area contributed by atoms with Crippen LogP contribution in [0.2, 0.25) is 5.02 Å². The number of amides is 1. The van der Waals surface area contributed by atoms with E-state index in [4.69, 9.17) is 21.3 Å². The van der Waals surface area contributed by atoms with Gasteiger partial charge in [0.05, 0.1) is 36.7 Å². The number of fused-ring (bicyclic) bond motifs is 1. The van der Waals surface area contributed by atoms with E-state index in [0.29, 0.717) is 11.6 Å². The fourth-order valence-corrected chi connectivity index (χ4v) is 4.15. The molecular formula is C24H21ClN4O2S. The van der Waals surface area contributed by atoms with Gasteiger partial charge in [-0.1, -0.05) is 53.7 Å². The highest BCUT2D eigenvalue weighted by atomic mass is 35.5. The number of nitrogens with zero attached hydrogens (tertiary/aromatic N) is 3. The van der Waals surface area contributed by atoms with Gasteiger partial charge in [-0.25, -0.2) is 10.4 Å². The number of ether oxygens (including phenoxy) is 1. The lowest BCUT2D eigenvalue weighted by atomic mass is 10.2. The molecule has 1 N–H and O–H groups in total. The molecule has 0 aliphatic carbocycles. The first-order chi connectivity index (χ1) is 15.6. The molecule has 4 aromatic rings. The third kappa shape index (κ3) is 5.30. The van der Waals surface area contributed by atoms with Crippen molar-refractivity contribution in [3.63, 3.8) is 0 Å². The normalized spacial score (nSPS) is 11.2. The molecule has 162 valence electrons. The Morgan fingerprint density at radius 2 is 1.88 bits per heavy atom. The van der Waals surface area contributed by atoms with Crippen LogP contribution in [0.25, 0.3) is 11.0 Å². The molecule has 0 atom stereocenters. The van der Waals surface area contributed by atoms with Crippen LogP contribution in [0.15, 0.2) is 83.1 Å². The van der Waals surface area contributed by atoms with E-state index in [0.717, 1.165) is 33.1 Å². The zero-order chi connectivity index (χ0) is 22.3. The van der Waals surface area contributed by atoms with Gasteiger partial charge in [-0.3, -0.25) is 4.79 Å². The number of carbonyl (C=O) groups excluding carboxylic acids is 1. The molecule has 8 heteroatoms. The summed E-state index contributed by atoms with van der Waals surface area (Å²) in [5.41, 5.74) is 6.29. The standard InChI is InChI=1S/C24H21ClN4O2S/c1-31-19-12-10-17(11-13-19)14-26-28-23(30)16-32-24-27-21-8-4-5-9-22(21)29(24)15-18-6-2-3-7-20(18)25/h2-14H,15-16H2,1H3,(H,28,30)/b26-14+. The average Bonchev–Trinajstić information content (AvgIpc) is 3.17. The van der Waals surface area contributed by atoms with E-state index in [-0.39, 0.29) is 11.7 Å². The van der Waals surface area contributed by atoms with E-state index in [9.17, 15) is 4.79 Å². The van der Waals surface area contributed by atoms with Crippen LogP contribution in [0.4, 0.5) is 0 Å². The molecule has 0 aliphatic rings. The Morgan fingerprint density at radius 3 is 2.66 bits per heavy atom. The van der Waals surface area contributed by atoms with Crippen LogP contribution in [0.5, 0.6) is 5.75 Å². The lowest BCUT2D eigenvalue weighted by molar-refractivity contribution is -0.118. The third-order valence-electron chi connectivity index (χ3n) is 4.76. The monoisotopic (exact) mass is 464 g/mol. The molecule has 0 bridgehead atoms. The number of hydrogen-bond donors (Lipinski definition) is 1.